The first-order valence-corrected chi connectivity index (χ1v) is 6.04. The summed E-state index contributed by atoms with van der Waals surface area (Å²) in [5.41, 5.74) is 0.146. The molecule has 2 fully saturated rings. The van der Waals surface area contributed by atoms with Gasteiger partial charge in [0.05, 0.1) is 11.7 Å². The Morgan fingerprint density at radius 1 is 1.36 bits per heavy atom. The molecule has 2 aliphatic heterocycles. The molecule has 0 amide bonds. The average Bonchev–Trinajstić information content (AvgIpc) is 2.47. The maximum absolute atomic E-state index is 6.02. The summed E-state index contributed by atoms with van der Waals surface area (Å²) in [6.07, 6.45) is 7.06. The second kappa shape index (κ2) is 4.19. The van der Waals surface area contributed by atoms with Gasteiger partial charge < -0.3 is 10.1 Å². The normalized spacial score (nSPS) is 37.3. The number of piperidine rings is 1. The van der Waals surface area contributed by atoms with Gasteiger partial charge in [0, 0.05) is 0 Å². The molecule has 0 spiro atoms. The highest BCUT2D eigenvalue weighted by Crippen LogP contribution is 2.33. The summed E-state index contributed by atoms with van der Waals surface area (Å²) in [6.45, 7) is 6.85. The molecule has 2 unspecified atom stereocenters. The zero-order chi connectivity index (χ0) is 10.0. The molecule has 2 heteroatoms. The van der Waals surface area contributed by atoms with E-state index in [2.05, 4.69) is 19.2 Å². The van der Waals surface area contributed by atoms with Crippen LogP contribution in [0.3, 0.4) is 0 Å². The van der Waals surface area contributed by atoms with Crippen molar-refractivity contribution in [3.63, 3.8) is 0 Å². The fourth-order valence-corrected chi connectivity index (χ4v) is 2.74. The largest absolute Gasteiger partial charge is 0.372 e. The molecule has 0 bridgehead atoms. The minimum Gasteiger partial charge on any atom is -0.372 e. The first-order chi connectivity index (χ1) is 6.66. The Hall–Kier alpha value is -0.0800. The number of hydrogen-bond donors (Lipinski definition) is 1. The molecular weight excluding hydrogens is 174 g/mol. The minimum atomic E-state index is 0.146. The molecule has 0 saturated carbocycles. The molecule has 0 aromatic heterocycles. The van der Waals surface area contributed by atoms with E-state index in [4.69, 9.17) is 4.74 Å². The lowest BCUT2D eigenvalue weighted by molar-refractivity contribution is -0.0256. The number of hydrogen-bond acceptors (Lipinski definition) is 2. The lowest BCUT2D eigenvalue weighted by Crippen LogP contribution is -2.32. The van der Waals surface area contributed by atoms with E-state index in [0.29, 0.717) is 6.10 Å². The van der Waals surface area contributed by atoms with Crippen molar-refractivity contribution in [2.24, 2.45) is 5.92 Å². The second-order valence-electron chi connectivity index (χ2n) is 5.49. The van der Waals surface area contributed by atoms with Gasteiger partial charge in [-0.1, -0.05) is 0 Å². The number of ether oxygens (including phenoxy) is 1. The molecule has 1 N–H and O–H groups in total. The predicted molar refractivity (Wildman–Crippen MR) is 58.4 cm³/mol. The van der Waals surface area contributed by atoms with Crippen LogP contribution in [0.1, 0.15) is 46.0 Å². The van der Waals surface area contributed by atoms with E-state index >= 15 is 0 Å². The van der Waals surface area contributed by atoms with Crippen molar-refractivity contribution in [1.82, 2.24) is 5.32 Å². The average molecular weight is 197 g/mol. The van der Waals surface area contributed by atoms with E-state index < -0.39 is 0 Å². The van der Waals surface area contributed by atoms with Gasteiger partial charge in [-0.25, -0.2) is 0 Å². The molecule has 0 radical (unpaired) electrons. The first kappa shape index (κ1) is 10.4. The third-order valence-electron chi connectivity index (χ3n) is 3.55. The van der Waals surface area contributed by atoms with E-state index in [1.165, 1.54) is 45.2 Å². The zero-order valence-corrected chi connectivity index (χ0v) is 9.51. The molecule has 2 rings (SSSR count). The predicted octanol–water partition coefficient (Wildman–Crippen LogP) is 2.33. The highest BCUT2D eigenvalue weighted by atomic mass is 16.5. The van der Waals surface area contributed by atoms with Gasteiger partial charge in [-0.3, -0.25) is 0 Å². The molecule has 2 atom stereocenters. The van der Waals surface area contributed by atoms with Crippen LogP contribution in [0.25, 0.3) is 0 Å². The van der Waals surface area contributed by atoms with Crippen molar-refractivity contribution >= 4 is 0 Å². The summed E-state index contributed by atoms with van der Waals surface area (Å²) in [4.78, 5) is 0. The van der Waals surface area contributed by atoms with Crippen LogP contribution >= 0.6 is 0 Å². The Morgan fingerprint density at radius 3 is 2.79 bits per heavy atom. The smallest absolute Gasteiger partial charge is 0.0631 e. The Labute approximate surface area is 87.4 Å². The SMILES string of the molecule is CC1(C)CCC(CC2CCCNC2)O1. The molecule has 2 aliphatic rings. The Balaban J connectivity index is 1.75. The summed E-state index contributed by atoms with van der Waals surface area (Å²) in [5.74, 6) is 0.864. The van der Waals surface area contributed by atoms with E-state index in [9.17, 15) is 0 Å². The lowest BCUT2D eigenvalue weighted by atomic mass is 9.92. The van der Waals surface area contributed by atoms with E-state index in [-0.39, 0.29) is 5.60 Å². The highest BCUT2D eigenvalue weighted by molar-refractivity contribution is 4.83. The van der Waals surface area contributed by atoms with Gasteiger partial charge in [-0.2, -0.15) is 0 Å². The Bertz CT molecular complexity index is 185. The maximum atomic E-state index is 6.02. The fourth-order valence-electron chi connectivity index (χ4n) is 2.74. The van der Waals surface area contributed by atoms with Gasteiger partial charge in [0.25, 0.3) is 0 Å². The molecule has 14 heavy (non-hydrogen) atoms. The van der Waals surface area contributed by atoms with Gasteiger partial charge in [0.1, 0.15) is 0 Å². The molecule has 2 heterocycles. The van der Waals surface area contributed by atoms with E-state index in [1.54, 1.807) is 0 Å². The van der Waals surface area contributed by atoms with Crippen LogP contribution in [-0.4, -0.2) is 24.8 Å². The zero-order valence-electron chi connectivity index (χ0n) is 9.51. The number of nitrogens with one attached hydrogen (secondary N) is 1. The van der Waals surface area contributed by atoms with Crippen LogP contribution in [0.2, 0.25) is 0 Å². The van der Waals surface area contributed by atoms with Crippen LogP contribution < -0.4 is 5.32 Å². The van der Waals surface area contributed by atoms with Gasteiger partial charge in [0.15, 0.2) is 0 Å². The second-order valence-corrected chi connectivity index (χ2v) is 5.49. The van der Waals surface area contributed by atoms with Gasteiger partial charge in [-0.15, -0.1) is 0 Å². The molecule has 0 aliphatic carbocycles. The third kappa shape index (κ3) is 2.71. The molecule has 0 aromatic rings. The summed E-state index contributed by atoms with van der Waals surface area (Å²) >= 11 is 0. The van der Waals surface area contributed by atoms with Gasteiger partial charge in [0.2, 0.25) is 0 Å². The van der Waals surface area contributed by atoms with Gasteiger partial charge >= 0.3 is 0 Å². The van der Waals surface area contributed by atoms with Gasteiger partial charge in [-0.05, 0) is 65.0 Å². The third-order valence-corrected chi connectivity index (χ3v) is 3.55. The number of rotatable bonds is 2. The Kier molecular flexibility index (Phi) is 3.13. The summed E-state index contributed by atoms with van der Waals surface area (Å²) in [6, 6.07) is 0. The Morgan fingerprint density at radius 2 is 2.21 bits per heavy atom. The molecular formula is C12H23NO. The van der Waals surface area contributed by atoms with Crippen LogP contribution in [0, 0.1) is 5.92 Å². The fraction of sp³-hybridized carbons (Fsp3) is 1.00. The maximum Gasteiger partial charge on any atom is 0.0631 e. The quantitative estimate of drug-likeness (QED) is 0.733. The molecule has 2 nitrogen and oxygen atoms in total. The standard InChI is InChI=1S/C12H23NO/c1-12(2)6-5-11(14-12)8-10-4-3-7-13-9-10/h10-11,13H,3-9H2,1-2H3. The van der Waals surface area contributed by atoms with Crippen LogP contribution in [0.15, 0.2) is 0 Å². The van der Waals surface area contributed by atoms with Crippen molar-refractivity contribution in [2.45, 2.75) is 57.7 Å². The molecule has 2 saturated heterocycles. The summed E-state index contributed by atoms with van der Waals surface area (Å²) < 4.78 is 6.02. The minimum absolute atomic E-state index is 0.146. The topological polar surface area (TPSA) is 21.3 Å². The van der Waals surface area contributed by atoms with Crippen LogP contribution in [0.4, 0.5) is 0 Å². The summed E-state index contributed by atoms with van der Waals surface area (Å²) in [7, 11) is 0. The first-order valence-electron chi connectivity index (χ1n) is 6.04. The van der Waals surface area contributed by atoms with Crippen molar-refractivity contribution in [1.29, 1.82) is 0 Å². The van der Waals surface area contributed by atoms with Crippen molar-refractivity contribution in [3.05, 3.63) is 0 Å². The lowest BCUT2D eigenvalue weighted by Gasteiger charge is -2.26. The van der Waals surface area contributed by atoms with Crippen molar-refractivity contribution in [2.75, 3.05) is 13.1 Å². The summed E-state index contributed by atoms with van der Waals surface area (Å²) in [5, 5.41) is 3.47. The monoisotopic (exact) mass is 197 g/mol. The molecule has 82 valence electrons. The molecule has 0 aromatic carbocycles. The van der Waals surface area contributed by atoms with Crippen molar-refractivity contribution < 1.29 is 4.74 Å². The van der Waals surface area contributed by atoms with E-state index in [0.717, 1.165) is 5.92 Å². The van der Waals surface area contributed by atoms with E-state index in [1.807, 2.05) is 0 Å². The highest BCUT2D eigenvalue weighted by Gasteiger charge is 2.32. The van der Waals surface area contributed by atoms with Crippen LogP contribution in [-0.2, 0) is 4.74 Å². The van der Waals surface area contributed by atoms with Crippen molar-refractivity contribution in [3.8, 4) is 0 Å². The van der Waals surface area contributed by atoms with Crippen LogP contribution in [0.5, 0.6) is 0 Å².